The molecule has 28 heavy (non-hydrogen) atoms. The maximum absolute atomic E-state index is 9.83. The van der Waals surface area contributed by atoms with Crippen LogP contribution in [-0.2, 0) is 7.05 Å². The topological polar surface area (TPSA) is 80.5 Å². The van der Waals surface area contributed by atoms with Crippen LogP contribution in [-0.4, -0.2) is 14.8 Å². The van der Waals surface area contributed by atoms with E-state index in [2.05, 4.69) is 22.2 Å². The molecule has 0 bridgehead atoms. The van der Waals surface area contributed by atoms with Crippen molar-refractivity contribution in [1.82, 2.24) is 14.8 Å². The van der Waals surface area contributed by atoms with Gasteiger partial charge in [-0.1, -0.05) is 30.3 Å². The quantitative estimate of drug-likeness (QED) is 0.468. The van der Waals surface area contributed by atoms with Crippen LogP contribution in [0.15, 0.2) is 60.8 Å². The number of nitrogen functional groups attached to an aromatic ring is 1. The molecule has 0 saturated carbocycles. The number of anilines is 1. The van der Waals surface area contributed by atoms with Gasteiger partial charge in [0.25, 0.3) is 0 Å². The number of rotatable bonds is 2. The van der Waals surface area contributed by atoms with E-state index in [4.69, 9.17) is 5.73 Å². The van der Waals surface area contributed by atoms with Crippen molar-refractivity contribution in [2.24, 2.45) is 7.05 Å². The van der Waals surface area contributed by atoms with Crippen molar-refractivity contribution in [2.75, 3.05) is 5.73 Å². The molecule has 0 unspecified atom stereocenters. The second-order valence-corrected chi connectivity index (χ2v) is 7.64. The lowest BCUT2D eigenvalue weighted by atomic mass is 10.0. The minimum Gasteiger partial charge on any atom is -0.384 e. The number of hydrogen-bond donors (Lipinski definition) is 1. The van der Waals surface area contributed by atoms with Crippen LogP contribution >= 0.6 is 11.3 Å². The maximum Gasteiger partial charge on any atom is 0.124 e. The molecule has 3 aromatic heterocycles. The predicted molar refractivity (Wildman–Crippen MR) is 114 cm³/mol. The number of benzene rings is 2. The Morgan fingerprint density at radius 2 is 1.93 bits per heavy atom. The van der Waals surface area contributed by atoms with Crippen LogP contribution in [0.1, 0.15) is 5.56 Å². The third kappa shape index (κ3) is 2.45. The molecular weight excluding hydrogens is 366 g/mol. The Morgan fingerprint density at radius 1 is 1.11 bits per heavy atom. The molecule has 0 fully saturated rings. The van der Waals surface area contributed by atoms with Gasteiger partial charge in [0.2, 0.25) is 0 Å². The Labute approximate surface area is 165 Å². The minimum absolute atomic E-state index is 0.493. The standard InChI is InChI=1S/C22H15N5S/c1-27-21(22-16(11-23)15-4-2-3-5-19(15)28-22)17(12-25-27)14-7-6-13-8-9-20(24)26-18(13)10-14/h2-10,12H,1H3,(H2,24,26). The van der Waals surface area contributed by atoms with Gasteiger partial charge >= 0.3 is 0 Å². The monoisotopic (exact) mass is 381 g/mol. The smallest absolute Gasteiger partial charge is 0.124 e. The van der Waals surface area contributed by atoms with Crippen LogP contribution in [0.25, 0.3) is 42.7 Å². The van der Waals surface area contributed by atoms with Gasteiger partial charge in [0, 0.05) is 28.1 Å². The van der Waals surface area contributed by atoms with Crippen molar-refractivity contribution in [3.05, 3.63) is 66.4 Å². The SMILES string of the molecule is Cn1ncc(-c2ccc3ccc(N)nc3c2)c1-c1sc2ccccc2c1C#N. The molecule has 0 amide bonds. The predicted octanol–water partition coefficient (Wildman–Crippen LogP) is 4.97. The third-order valence-electron chi connectivity index (χ3n) is 4.89. The lowest BCUT2D eigenvalue weighted by Gasteiger charge is -2.07. The van der Waals surface area contributed by atoms with E-state index in [-0.39, 0.29) is 0 Å². The summed E-state index contributed by atoms with van der Waals surface area (Å²) in [6.07, 6.45) is 1.84. The summed E-state index contributed by atoms with van der Waals surface area (Å²) in [6, 6.07) is 20.3. The Bertz CT molecular complexity index is 1400. The van der Waals surface area contributed by atoms with E-state index in [9.17, 15) is 5.26 Å². The van der Waals surface area contributed by atoms with Gasteiger partial charge in [-0.25, -0.2) is 4.98 Å². The summed E-state index contributed by atoms with van der Waals surface area (Å²) in [6.45, 7) is 0. The number of nitriles is 1. The molecule has 0 saturated heterocycles. The molecule has 5 aromatic rings. The van der Waals surface area contributed by atoms with Crippen molar-refractivity contribution in [3.8, 4) is 27.8 Å². The molecule has 3 heterocycles. The van der Waals surface area contributed by atoms with Gasteiger partial charge < -0.3 is 5.73 Å². The second kappa shape index (κ2) is 6.19. The number of nitrogens with two attached hydrogens (primary N) is 1. The van der Waals surface area contributed by atoms with Crippen molar-refractivity contribution in [3.63, 3.8) is 0 Å². The van der Waals surface area contributed by atoms with Crippen LogP contribution in [0.3, 0.4) is 0 Å². The summed E-state index contributed by atoms with van der Waals surface area (Å²) in [5.74, 6) is 0.493. The summed E-state index contributed by atoms with van der Waals surface area (Å²) in [5, 5.41) is 16.3. The van der Waals surface area contributed by atoms with Gasteiger partial charge in [-0.05, 0) is 29.8 Å². The van der Waals surface area contributed by atoms with Crippen LogP contribution in [0.5, 0.6) is 0 Å². The highest BCUT2D eigenvalue weighted by molar-refractivity contribution is 7.22. The lowest BCUT2D eigenvalue weighted by molar-refractivity contribution is 0.777. The molecule has 0 aliphatic carbocycles. The van der Waals surface area contributed by atoms with Crippen molar-refractivity contribution in [2.45, 2.75) is 0 Å². The van der Waals surface area contributed by atoms with Gasteiger partial charge in [-0.15, -0.1) is 11.3 Å². The fourth-order valence-electron chi connectivity index (χ4n) is 3.54. The molecule has 5 nitrogen and oxygen atoms in total. The first-order valence-corrected chi connectivity index (χ1v) is 9.58. The van der Waals surface area contributed by atoms with Crippen molar-refractivity contribution >= 4 is 38.1 Å². The number of fused-ring (bicyclic) bond motifs is 2. The van der Waals surface area contributed by atoms with E-state index < -0.39 is 0 Å². The largest absolute Gasteiger partial charge is 0.384 e. The number of aromatic nitrogens is 3. The molecule has 0 atom stereocenters. The highest BCUT2D eigenvalue weighted by atomic mass is 32.1. The van der Waals surface area contributed by atoms with E-state index in [0.717, 1.165) is 42.7 Å². The molecule has 2 N–H and O–H groups in total. The fraction of sp³-hybridized carbons (Fsp3) is 0.0455. The molecule has 0 radical (unpaired) electrons. The molecule has 6 heteroatoms. The fourth-order valence-corrected chi connectivity index (χ4v) is 4.78. The van der Waals surface area contributed by atoms with Crippen LogP contribution in [0.4, 0.5) is 5.82 Å². The molecule has 5 rings (SSSR count). The zero-order valence-electron chi connectivity index (χ0n) is 15.0. The molecular formula is C22H15N5S. The first kappa shape index (κ1) is 16.5. The third-order valence-corrected chi connectivity index (χ3v) is 6.06. The highest BCUT2D eigenvalue weighted by Gasteiger charge is 2.20. The van der Waals surface area contributed by atoms with E-state index in [1.165, 1.54) is 0 Å². The first-order valence-electron chi connectivity index (χ1n) is 8.76. The Balaban J connectivity index is 1.77. The maximum atomic E-state index is 9.83. The first-order chi connectivity index (χ1) is 13.7. The lowest BCUT2D eigenvalue weighted by Crippen LogP contribution is -1.94. The number of hydrogen-bond acceptors (Lipinski definition) is 5. The zero-order valence-corrected chi connectivity index (χ0v) is 15.9. The second-order valence-electron chi connectivity index (χ2n) is 6.59. The van der Waals surface area contributed by atoms with E-state index >= 15 is 0 Å². The Kier molecular flexibility index (Phi) is 3.64. The summed E-state index contributed by atoms with van der Waals surface area (Å²) >= 11 is 1.62. The van der Waals surface area contributed by atoms with Crippen LogP contribution in [0.2, 0.25) is 0 Å². The molecule has 2 aromatic carbocycles. The van der Waals surface area contributed by atoms with E-state index in [0.29, 0.717) is 11.4 Å². The van der Waals surface area contributed by atoms with Crippen LogP contribution < -0.4 is 5.73 Å². The average Bonchev–Trinajstić information content (AvgIpc) is 3.27. The molecule has 0 aliphatic rings. The normalized spacial score (nSPS) is 11.1. The summed E-state index contributed by atoms with van der Waals surface area (Å²) in [5.41, 5.74) is 10.3. The minimum atomic E-state index is 0.493. The van der Waals surface area contributed by atoms with Crippen molar-refractivity contribution < 1.29 is 0 Å². The Hall–Kier alpha value is -3.69. The van der Waals surface area contributed by atoms with Crippen LogP contribution in [0, 0.1) is 11.3 Å². The van der Waals surface area contributed by atoms with Gasteiger partial charge in [0.15, 0.2) is 0 Å². The summed E-state index contributed by atoms with van der Waals surface area (Å²) in [4.78, 5) is 5.37. The molecule has 134 valence electrons. The number of aryl methyl sites for hydroxylation is 1. The zero-order chi connectivity index (χ0) is 19.3. The molecule has 0 spiro atoms. The van der Waals surface area contributed by atoms with Gasteiger partial charge in [0.05, 0.1) is 27.8 Å². The summed E-state index contributed by atoms with van der Waals surface area (Å²) in [7, 11) is 1.90. The van der Waals surface area contributed by atoms with Gasteiger partial charge in [-0.2, -0.15) is 10.4 Å². The van der Waals surface area contributed by atoms with Gasteiger partial charge in [0.1, 0.15) is 11.9 Å². The number of pyridine rings is 1. The average molecular weight is 381 g/mol. The highest BCUT2D eigenvalue weighted by Crippen LogP contribution is 2.42. The van der Waals surface area contributed by atoms with Crippen molar-refractivity contribution in [1.29, 1.82) is 5.26 Å². The van der Waals surface area contributed by atoms with E-state index in [1.807, 2.05) is 60.4 Å². The number of nitrogens with zero attached hydrogens (tertiary/aromatic N) is 4. The summed E-state index contributed by atoms with van der Waals surface area (Å²) < 4.78 is 2.92. The Morgan fingerprint density at radius 3 is 2.79 bits per heavy atom. The number of thiophene rings is 1. The van der Waals surface area contributed by atoms with E-state index in [1.54, 1.807) is 17.4 Å². The van der Waals surface area contributed by atoms with Gasteiger partial charge in [-0.3, -0.25) is 4.68 Å². The molecule has 0 aliphatic heterocycles.